The zero-order valence-corrected chi connectivity index (χ0v) is 14.8. The van der Waals surface area contributed by atoms with Crippen LogP contribution in [0.5, 0.6) is 5.75 Å². The molecule has 0 radical (unpaired) electrons. The van der Waals surface area contributed by atoms with Gasteiger partial charge < -0.3 is 25.4 Å². The quantitative estimate of drug-likeness (QED) is 0.755. The van der Waals surface area contributed by atoms with E-state index in [9.17, 15) is 9.59 Å². The van der Waals surface area contributed by atoms with Crippen LogP contribution < -0.4 is 15.4 Å². The van der Waals surface area contributed by atoms with Gasteiger partial charge in [-0.3, -0.25) is 0 Å². The van der Waals surface area contributed by atoms with Crippen molar-refractivity contribution in [2.75, 3.05) is 24.3 Å². The molecule has 8 heteroatoms. The average Bonchev–Trinajstić information content (AvgIpc) is 2.61. The van der Waals surface area contributed by atoms with Gasteiger partial charge in [-0.2, -0.15) is 0 Å². The van der Waals surface area contributed by atoms with Gasteiger partial charge in [-0.15, -0.1) is 0 Å². The molecule has 1 aliphatic rings. The Hall–Kier alpha value is -2.93. The Kier molecular flexibility index (Phi) is 5.18. The molecule has 3 rings (SSSR count). The number of amides is 3. The van der Waals surface area contributed by atoms with Crippen LogP contribution in [0.4, 0.5) is 21.0 Å². The highest BCUT2D eigenvalue weighted by molar-refractivity contribution is 6.32. The molecule has 3 amide bonds. The van der Waals surface area contributed by atoms with Crippen molar-refractivity contribution >= 4 is 35.1 Å². The van der Waals surface area contributed by atoms with Crippen LogP contribution in [0.3, 0.4) is 0 Å². The topological polar surface area (TPSA) is 90.9 Å². The van der Waals surface area contributed by atoms with Gasteiger partial charge in [-0.25, -0.2) is 9.59 Å². The number of methoxy groups -OCH3 is 1. The summed E-state index contributed by atoms with van der Waals surface area (Å²) in [5.74, 6) is 0.530. The number of carbonyl (C=O) groups is 2. The SMILES string of the molecule is COc1ccc(NC(=O)Nc2ccc3c(c2)CCN(C(=O)O)C3)cc1Cl. The lowest BCUT2D eigenvalue weighted by Gasteiger charge is -2.26. The Bertz CT molecular complexity index is 856. The molecule has 0 saturated heterocycles. The summed E-state index contributed by atoms with van der Waals surface area (Å²) in [6.07, 6.45) is -0.303. The second-order valence-corrected chi connectivity index (χ2v) is 6.27. The van der Waals surface area contributed by atoms with E-state index in [4.69, 9.17) is 21.4 Å². The lowest BCUT2D eigenvalue weighted by molar-refractivity contribution is 0.140. The predicted octanol–water partition coefficient (Wildman–Crippen LogP) is 4.03. The molecule has 1 aliphatic heterocycles. The highest BCUT2D eigenvalue weighted by Gasteiger charge is 2.20. The summed E-state index contributed by atoms with van der Waals surface area (Å²) in [4.78, 5) is 24.6. The predicted molar refractivity (Wildman–Crippen MR) is 99.2 cm³/mol. The summed E-state index contributed by atoms with van der Waals surface area (Å²) in [6, 6.07) is 10.0. The molecule has 0 fully saturated rings. The summed E-state index contributed by atoms with van der Waals surface area (Å²) in [7, 11) is 1.52. The van der Waals surface area contributed by atoms with Crippen LogP contribution in [0.15, 0.2) is 36.4 Å². The third-order valence-electron chi connectivity index (χ3n) is 4.16. The number of hydrogen-bond donors (Lipinski definition) is 3. The minimum atomic E-state index is -0.921. The average molecular weight is 376 g/mol. The van der Waals surface area contributed by atoms with Gasteiger partial charge in [0.15, 0.2) is 0 Å². The van der Waals surface area contributed by atoms with Crippen molar-refractivity contribution in [1.29, 1.82) is 0 Å². The van der Waals surface area contributed by atoms with E-state index in [0.717, 1.165) is 11.1 Å². The number of hydrogen-bond acceptors (Lipinski definition) is 3. The van der Waals surface area contributed by atoms with Crippen molar-refractivity contribution in [1.82, 2.24) is 4.90 Å². The van der Waals surface area contributed by atoms with Gasteiger partial charge in [-0.05, 0) is 47.9 Å². The van der Waals surface area contributed by atoms with Crippen LogP contribution in [0.2, 0.25) is 5.02 Å². The lowest BCUT2D eigenvalue weighted by atomic mass is 9.99. The van der Waals surface area contributed by atoms with Crippen LogP contribution in [0.25, 0.3) is 0 Å². The maximum atomic E-state index is 12.2. The van der Waals surface area contributed by atoms with Gasteiger partial charge in [0.1, 0.15) is 5.75 Å². The molecule has 0 atom stereocenters. The summed E-state index contributed by atoms with van der Waals surface area (Å²) in [5, 5.41) is 15.0. The number of anilines is 2. The van der Waals surface area contributed by atoms with E-state index in [2.05, 4.69) is 10.6 Å². The number of ether oxygens (including phenoxy) is 1. The van der Waals surface area contributed by atoms with E-state index in [0.29, 0.717) is 41.7 Å². The monoisotopic (exact) mass is 375 g/mol. The first-order valence-corrected chi connectivity index (χ1v) is 8.35. The molecule has 0 spiro atoms. The van der Waals surface area contributed by atoms with Gasteiger partial charge >= 0.3 is 12.1 Å². The minimum absolute atomic E-state index is 0.363. The van der Waals surface area contributed by atoms with Crippen molar-refractivity contribution in [2.45, 2.75) is 13.0 Å². The first kappa shape index (κ1) is 17.9. The fourth-order valence-corrected chi connectivity index (χ4v) is 3.09. The van der Waals surface area contributed by atoms with Gasteiger partial charge in [0, 0.05) is 24.5 Å². The molecule has 2 aromatic carbocycles. The Morgan fingerprint density at radius 2 is 1.81 bits per heavy atom. The van der Waals surface area contributed by atoms with Crippen molar-refractivity contribution in [3.63, 3.8) is 0 Å². The molecule has 0 bridgehead atoms. The molecule has 0 unspecified atom stereocenters. The van der Waals surface area contributed by atoms with Crippen LogP contribution >= 0.6 is 11.6 Å². The van der Waals surface area contributed by atoms with E-state index in [1.54, 1.807) is 24.3 Å². The standard InChI is InChI=1S/C18H18ClN3O4/c1-26-16-5-4-14(9-15(16)19)21-17(23)20-13-3-2-12-10-22(18(24)25)7-6-11(12)8-13/h2-5,8-9H,6-7,10H2,1H3,(H,24,25)(H2,20,21,23). The third kappa shape index (κ3) is 4.00. The molecule has 2 aromatic rings. The molecule has 136 valence electrons. The maximum Gasteiger partial charge on any atom is 0.407 e. The molecule has 0 aromatic heterocycles. The van der Waals surface area contributed by atoms with Gasteiger partial charge in [0.25, 0.3) is 0 Å². The number of rotatable bonds is 3. The molecule has 7 nitrogen and oxygen atoms in total. The molecular formula is C18H18ClN3O4. The van der Waals surface area contributed by atoms with Crippen LogP contribution in [0.1, 0.15) is 11.1 Å². The fraction of sp³-hybridized carbons (Fsp3) is 0.222. The molecular weight excluding hydrogens is 358 g/mol. The zero-order chi connectivity index (χ0) is 18.7. The Morgan fingerprint density at radius 3 is 2.46 bits per heavy atom. The van der Waals surface area contributed by atoms with Gasteiger partial charge in [0.2, 0.25) is 0 Å². The minimum Gasteiger partial charge on any atom is -0.495 e. The van der Waals surface area contributed by atoms with Gasteiger partial charge in [-0.1, -0.05) is 17.7 Å². The van der Waals surface area contributed by atoms with Gasteiger partial charge in [0.05, 0.1) is 12.1 Å². The second kappa shape index (κ2) is 7.53. The number of benzene rings is 2. The molecule has 3 N–H and O–H groups in total. The summed E-state index contributed by atoms with van der Waals surface area (Å²) in [5.41, 5.74) is 3.17. The number of nitrogens with one attached hydrogen (secondary N) is 2. The van der Waals surface area contributed by atoms with Crippen molar-refractivity contribution in [2.24, 2.45) is 0 Å². The molecule has 26 heavy (non-hydrogen) atoms. The van der Waals surface area contributed by atoms with E-state index in [-0.39, 0.29) is 0 Å². The maximum absolute atomic E-state index is 12.2. The summed E-state index contributed by atoms with van der Waals surface area (Å²) >= 11 is 6.04. The normalized spacial score (nSPS) is 12.9. The Balaban J connectivity index is 1.65. The zero-order valence-electron chi connectivity index (χ0n) is 14.1. The van der Waals surface area contributed by atoms with Crippen LogP contribution in [-0.2, 0) is 13.0 Å². The van der Waals surface area contributed by atoms with E-state index >= 15 is 0 Å². The Labute approximate surface area is 155 Å². The Morgan fingerprint density at radius 1 is 1.12 bits per heavy atom. The largest absolute Gasteiger partial charge is 0.495 e. The van der Waals surface area contributed by atoms with E-state index in [1.807, 2.05) is 12.1 Å². The second-order valence-electron chi connectivity index (χ2n) is 5.87. The van der Waals surface area contributed by atoms with Crippen LogP contribution in [-0.4, -0.2) is 35.8 Å². The molecule has 1 heterocycles. The highest BCUT2D eigenvalue weighted by Crippen LogP contribution is 2.27. The number of fused-ring (bicyclic) bond motifs is 1. The molecule has 0 saturated carbocycles. The highest BCUT2D eigenvalue weighted by atomic mass is 35.5. The number of carboxylic acid groups (broad SMARTS) is 1. The first-order chi connectivity index (χ1) is 12.5. The fourth-order valence-electron chi connectivity index (χ4n) is 2.83. The van der Waals surface area contributed by atoms with Crippen molar-refractivity contribution in [3.05, 3.63) is 52.5 Å². The third-order valence-corrected chi connectivity index (χ3v) is 4.45. The summed E-state index contributed by atoms with van der Waals surface area (Å²) < 4.78 is 5.08. The van der Waals surface area contributed by atoms with Crippen molar-refractivity contribution < 1.29 is 19.4 Å². The first-order valence-electron chi connectivity index (χ1n) is 7.97. The van der Waals surface area contributed by atoms with Crippen LogP contribution in [0, 0.1) is 0 Å². The van der Waals surface area contributed by atoms with E-state index in [1.165, 1.54) is 12.0 Å². The smallest absolute Gasteiger partial charge is 0.407 e. The van der Waals surface area contributed by atoms with Crippen molar-refractivity contribution in [3.8, 4) is 5.75 Å². The number of carbonyl (C=O) groups excluding carboxylic acids is 1. The number of urea groups is 1. The lowest BCUT2D eigenvalue weighted by Crippen LogP contribution is -2.34. The number of halogens is 1. The van der Waals surface area contributed by atoms with E-state index < -0.39 is 12.1 Å². The summed E-state index contributed by atoms with van der Waals surface area (Å²) in [6.45, 7) is 0.809. The number of nitrogens with zero attached hydrogens (tertiary/aromatic N) is 1. The molecule has 0 aliphatic carbocycles.